The standard InChI is InChI=1S/C32H33F3N6O3/c1-2-21-23(34)5-4-17-10-20(42)11-22(24(17)21)27-26(35)28-25-29(41-9-7-36-13-19(41)15-43-30(25)37-27)39-31(38-28)44-16-32-6-3-8-40(32)14-18(33)12-32/h4-5,10-11,18-19,36,42H,2-3,6-9,12-16H2,1H3/t18-,19+,32?/m1/s1. The zero-order valence-electron chi connectivity index (χ0n) is 24.4. The van der Waals surface area contributed by atoms with Gasteiger partial charge in [-0.15, -0.1) is 0 Å². The molecule has 230 valence electrons. The van der Waals surface area contributed by atoms with E-state index in [0.29, 0.717) is 66.6 Å². The van der Waals surface area contributed by atoms with E-state index in [2.05, 4.69) is 25.1 Å². The molecular weight excluding hydrogens is 573 g/mol. The van der Waals surface area contributed by atoms with E-state index in [1.54, 1.807) is 6.07 Å². The maximum Gasteiger partial charge on any atom is 0.319 e. The number of benzene rings is 2. The lowest BCUT2D eigenvalue weighted by molar-refractivity contribution is 0.107. The SMILES string of the molecule is CCc1c(F)ccc2cc(O)cc(-c3nc4c5c(nc(OCC67CCCN6C[C@H](F)C7)nc5c3F)N3CCNC[C@H]3CO4)c12. The summed E-state index contributed by atoms with van der Waals surface area (Å²) in [7, 11) is 0. The summed E-state index contributed by atoms with van der Waals surface area (Å²) in [5, 5.41) is 15.4. The second-order valence-corrected chi connectivity index (χ2v) is 12.3. The number of alkyl halides is 1. The van der Waals surface area contributed by atoms with Crippen molar-refractivity contribution in [3.63, 3.8) is 0 Å². The summed E-state index contributed by atoms with van der Waals surface area (Å²) in [6, 6.07) is 5.73. The molecule has 1 unspecified atom stereocenters. The molecular formula is C32H33F3N6O3. The van der Waals surface area contributed by atoms with Gasteiger partial charge in [0, 0.05) is 38.2 Å². The Balaban J connectivity index is 1.33. The van der Waals surface area contributed by atoms with Gasteiger partial charge >= 0.3 is 6.01 Å². The number of anilines is 1. The Hall–Kier alpha value is -3.90. The Bertz CT molecular complexity index is 1810. The van der Waals surface area contributed by atoms with Gasteiger partial charge in [0.25, 0.3) is 0 Å². The van der Waals surface area contributed by atoms with E-state index in [4.69, 9.17) is 14.5 Å². The molecule has 3 atom stereocenters. The van der Waals surface area contributed by atoms with E-state index in [9.17, 15) is 9.50 Å². The van der Waals surface area contributed by atoms with E-state index in [1.807, 2.05) is 6.92 Å². The van der Waals surface area contributed by atoms with Crippen LogP contribution >= 0.6 is 0 Å². The topological polar surface area (TPSA) is 95.9 Å². The minimum absolute atomic E-state index is 0.00160. The van der Waals surface area contributed by atoms with Crippen LogP contribution < -0.4 is 19.7 Å². The molecule has 6 heterocycles. The van der Waals surface area contributed by atoms with Crippen LogP contribution in [-0.4, -0.2) is 88.6 Å². The highest BCUT2D eigenvalue weighted by molar-refractivity contribution is 6.03. The number of pyridine rings is 1. The van der Waals surface area contributed by atoms with Gasteiger partial charge in [-0.2, -0.15) is 9.97 Å². The first kappa shape index (κ1) is 27.6. The number of aromatic hydroxyl groups is 1. The Morgan fingerprint density at radius 1 is 1.16 bits per heavy atom. The van der Waals surface area contributed by atoms with Crippen molar-refractivity contribution >= 4 is 27.5 Å². The summed E-state index contributed by atoms with van der Waals surface area (Å²) in [5.41, 5.74) is 0.0528. The van der Waals surface area contributed by atoms with Gasteiger partial charge in [-0.3, -0.25) is 4.90 Å². The third kappa shape index (κ3) is 4.25. The molecule has 4 aromatic rings. The molecule has 8 rings (SSSR count). The third-order valence-electron chi connectivity index (χ3n) is 9.74. The number of aromatic nitrogens is 3. The van der Waals surface area contributed by atoms with Crippen LogP contribution in [-0.2, 0) is 6.42 Å². The van der Waals surface area contributed by atoms with Crippen LogP contribution in [0.25, 0.3) is 32.9 Å². The number of hydrogen-bond donors (Lipinski definition) is 2. The summed E-state index contributed by atoms with van der Waals surface area (Å²) >= 11 is 0. The van der Waals surface area contributed by atoms with Crippen molar-refractivity contribution < 1.29 is 27.8 Å². The molecule has 44 heavy (non-hydrogen) atoms. The number of piperazine rings is 1. The molecule has 2 N–H and O–H groups in total. The lowest BCUT2D eigenvalue weighted by Gasteiger charge is -2.35. The molecule has 0 spiro atoms. The smallest absolute Gasteiger partial charge is 0.319 e. The van der Waals surface area contributed by atoms with Crippen LogP contribution in [0, 0.1) is 11.6 Å². The average molecular weight is 607 g/mol. The maximum absolute atomic E-state index is 16.9. The summed E-state index contributed by atoms with van der Waals surface area (Å²) in [6.45, 7) is 5.46. The number of nitrogens with zero attached hydrogens (tertiary/aromatic N) is 5. The molecule has 3 fully saturated rings. The van der Waals surface area contributed by atoms with Crippen molar-refractivity contribution in [1.29, 1.82) is 0 Å². The average Bonchev–Trinajstić information content (AvgIpc) is 3.49. The number of nitrogens with one attached hydrogen (secondary N) is 1. The Morgan fingerprint density at radius 2 is 2.05 bits per heavy atom. The predicted molar refractivity (Wildman–Crippen MR) is 159 cm³/mol. The Labute approximate surface area is 252 Å². The first-order chi connectivity index (χ1) is 21.3. The zero-order valence-corrected chi connectivity index (χ0v) is 24.4. The summed E-state index contributed by atoms with van der Waals surface area (Å²) < 4.78 is 58.8. The molecule has 0 radical (unpaired) electrons. The van der Waals surface area contributed by atoms with Gasteiger partial charge in [-0.1, -0.05) is 13.0 Å². The van der Waals surface area contributed by atoms with Crippen LogP contribution in [0.1, 0.15) is 31.7 Å². The molecule has 12 heteroatoms. The zero-order chi connectivity index (χ0) is 30.2. The normalized spacial score (nSPS) is 24.8. The van der Waals surface area contributed by atoms with E-state index < -0.39 is 23.3 Å². The largest absolute Gasteiger partial charge is 0.508 e. The number of ether oxygens (including phenoxy) is 2. The van der Waals surface area contributed by atoms with Crippen LogP contribution in [0.5, 0.6) is 17.6 Å². The lowest BCUT2D eigenvalue weighted by Crippen LogP contribution is -2.53. The number of halogens is 3. The second kappa shape index (κ2) is 10.3. The highest BCUT2D eigenvalue weighted by Crippen LogP contribution is 2.44. The number of hydrogen-bond acceptors (Lipinski definition) is 9. The van der Waals surface area contributed by atoms with Gasteiger partial charge in [0.05, 0.1) is 11.6 Å². The van der Waals surface area contributed by atoms with Crippen LogP contribution in [0.4, 0.5) is 19.0 Å². The second-order valence-electron chi connectivity index (χ2n) is 12.3. The fraction of sp³-hybridized carbons (Fsp3) is 0.469. The van der Waals surface area contributed by atoms with Crippen LogP contribution in [0.15, 0.2) is 24.3 Å². The minimum atomic E-state index is -0.913. The number of phenolic OH excluding ortho intramolecular Hbond substituents is 1. The van der Waals surface area contributed by atoms with Crippen LogP contribution in [0.2, 0.25) is 0 Å². The van der Waals surface area contributed by atoms with Gasteiger partial charge in [0.15, 0.2) is 5.82 Å². The number of phenols is 1. The van der Waals surface area contributed by atoms with Gasteiger partial charge in [0.1, 0.15) is 53.4 Å². The van der Waals surface area contributed by atoms with E-state index >= 15 is 8.78 Å². The van der Waals surface area contributed by atoms with Crippen molar-refractivity contribution in [2.45, 2.75) is 50.4 Å². The molecule has 2 aromatic carbocycles. The first-order valence-electron chi connectivity index (χ1n) is 15.3. The van der Waals surface area contributed by atoms with Crippen molar-refractivity contribution in [2.75, 3.05) is 50.8 Å². The molecule has 9 nitrogen and oxygen atoms in total. The summed E-state index contributed by atoms with van der Waals surface area (Å²) in [4.78, 5) is 18.2. The highest BCUT2D eigenvalue weighted by Gasteiger charge is 2.49. The molecule has 3 saturated heterocycles. The van der Waals surface area contributed by atoms with Crippen molar-refractivity contribution in [1.82, 2.24) is 25.2 Å². The molecule has 0 aliphatic carbocycles. The summed E-state index contributed by atoms with van der Waals surface area (Å²) in [6.07, 6.45) is 1.60. The van der Waals surface area contributed by atoms with E-state index in [0.717, 1.165) is 19.4 Å². The van der Waals surface area contributed by atoms with Crippen molar-refractivity contribution in [2.24, 2.45) is 0 Å². The number of fused-ring (bicyclic) bond motifs is 4. The molecule has 2 aromatic heterocycles. The Morgan fingerprint density at radius 3 is 2.91 bits per heavy atom. The van der Waals surface area contributed by atoms with Crippen LogP contribution in [0.3, 0.4) is 0 Å². The fourth-order valence-electron chi connectivity index (χ4n) is 7.70. The van der Waals surface area contributed by atoms with Gasteiger partial charge in [-0.05, 0) is 60.3 Å². The first-order valence-corrected chi connectivity index (χ1v) is 15.3. The quantitative estimate of drug-likeness (QED) is 0.340. The van der Waals surface area contributed by atoms with Gasteiger partial charge in [-0.25, -0.2) is 18.2 Å². The molecule has 4 aliphatic rings. The predicted octanol–water partition coefficient (Wildman–Crippen LogP) is 4.52. The van der Waals surface area contributed by atoms with E-state index in [1.165, 1.54) is 18.2 Å². The molecule has 0 amide bonds. The molecule has 4 aliphatic heterocycles. The van der Waals surface area contributed by atoms with Crippen molar-refractivity contribution in [3.8, 4) is 28.9 Å². The van der Waals surface area contributed by atoms with E-state index in [-0.39, 0.29) is 53.7 Å². The monoisotopic (exact) mass is 606 g/mol. The minimum Gasteiger partial charge on any atom is -0.508 e. The summed E-state index contributed by atoms with van der Waals surface area (Å²) in [5.74, 6) is -0.644. The maximum atomic E-state index is 16.9. The lowest BCUT2D eigenvalue weighted by atomic mass is 9.94. The highest BCUT2D eigenvalue weighted by atomic mass is 19.1. The fourth-order valence-corrected chi connectivity index (χ4v) is 7.70. The number of rotatable bonds is 5. The molecule has 0 saturated carbocycles. The van der Waals surface area contributed by atoms with Crippen molar-refractivity contribution in [3.05, 3.63) is 41.5 Å². The third-order valence-corrected chi connectivity index (χ3v) is 9.74. The van der Waals surface area contributed by atoms with Gasteiger partial charge < -0.3 is 24.8 Å². The van der Waals surface area contributed by atoms with Gasteiger partial charge in [0.2, 0.25) is 5.88 Å². The Kier molecular flexibility index (Phi) is 6.49. The number of aryl methyl sites for hydroxylation is 1. The molecule has 0 bridgehead atoms.